The van der Waals surface area contributed by atoms with Crippen LogP contribution in [0.1, 0.15) is 16.8 Å². The first-order valence-corrected chi connectivity index (χ1v) is 7.15. The van der Waals surface area contributed by atoms with Crippen molar-refractivity contribution in [3.8, 4) is 0 Å². The van der Waals surface area contributed by atoms with Gasteiger partial charge in [0.05, 0.1) is 12.2 Å². The zero-order chi connectivity index (χ0) is 15.0. The van der Waals surface area contributed by atoms with Gasteiger partial charge in [-0.25, -0.2) is 4.79 Å². The molecule has 1 aromatic carbocycles. The highest BCUT2D eigenvalue weighted by Gasteiger charge is 2.12. The molecular weight excluding hydrogens is 326 g/mol. The summed E-state index contributed by atoms with van der Waals surface area (Å²) in [5, 5.41) is 9.03. The van der Waals surface area contributed by atoms with Gasteiger partial charge < -0.3 is 19.5 Å². The Bertz CT molecular complexity index is 439. The second-order valence-corrected chi connectivity index (χ2v) is 5.15. The first-order valence-electron chi connectivity index (χ1n) is 6.35. The van der Waals surface area contributed by atoms with Crippen molar-refractivity contribution in [1.82, 2.24) is 0 Å². The average molecular weight is 346 g/mol. The Labute approximate surface area is 127 Å². The number of halogens is 1. The molecule has 20 heavy (non-hydrogen) atoms. The van der Waals surface area contributed by atoms with Crippen molar-refractivity contribution in [2.45, 2.75) is 6.42 Å². The molecule has 0 amide bonds. The standard InChI is InChI=1S/C14H20BrNO4/c1-19-8-3-6-16(7-9-20-2)11-4-5-12(14(17)18)13(15)10-11/h4-5,10H,3,6-9H2,1-2H3,(H,17,18). The van der Waals surface area contributed by atoms with Crippen LogP contribution in [0, 0.1) is 0 Å². The highest BCUT2D eigenvalue weighted by Crippen LogP contribution is 2.24. The molecule has 6 heteroatoms. The first kappa shape index (κ1) is 16.9. The van der Waals surface area contributed by atoms with E-state index in [1.165, 1.54) is 0 Å². The molecule has 0 fully saturated rings. The fourth-order valence-electron chi connectivity index (χ4n) is 1.85. The summed E-state index contributed by atoms with van der Waals surface area (Å²) in [4.78, 5) is 13.2. The van der Waals surface area contributed by atoms with Crippen molar-refractivity contribution in [2.75, 3.05) is 45.4 Å². The number of methoxy groups -OCH3 is 2. The van der Waals surface area contributed by atoms with Crippen LogP contribution in [0.3, 0.4) is 0 Å². The highest BCUT2D eigenvalue weighted by atomic mass is 79.9. The Morgan fingerprint density at radius 1 is 1.25 bits per heavy atom. The van der Waals surface area contributed by atoms with Crippen LogP contribution in [-0.4, -0.2) is 51.6 Å². The van der Waals surface area contributed by atoms with Gasteiger partial charge in [0.2, 0.25) is 0 Å². The summed E-state index contributed by atoms with van der Waals surface area (Å²) in [6.07, 6.45) is 0.901. The molecule has 0 spiro atoms. The number of aromatic carboxylic acids is 1. The van der Waals surface area contributed by atoms with Crippen molar-refractivity contribution in [2.24, 2.45) is 0 Å². The normalized spacial score (nSPS) is 10.6. The van der Waals surface area contributed by atoms with Crippen LogP contribution in [0.15, 0.2) is 22.7 Å². The van der Waals surface area contributed by atoms with Gasteiger partial charge in [0, 0.05) is 44.1 Å². The molecule has 1 N–H and O–H groups in total. The SMILES string of the molecule is COCCCN(CCOC)c1ccc(C(=O)O)c(Br)c1. The Hall–Kier alpha value is -1.11. The summed E-state index contributed by atoms with van der Waals surface area (Å²) < 4.78 is 10.8. The molecular formula is C14H20BrNO4. The van der Waals surface area contributed by atoms with E-state index < -0.39 is 5.97 Å². The van der Waals surface area contributed by atoms with Gasteiger partial charge in [0.25, 0.3) is 0 Å². The van der Waals surface area contributed by atoms with Crippen LogP contribution in [-0.2, 0) is 9.47 Å². The predicted octanol–water partition coefficient (Wildman–Crippen LogP) is 2.64. The smallest absolute Gasteiger partial charge is 0.336 e. The van der Waals surface area contributed by atoms with Crippen LogP contribution in [0.2, 0.25) is 0 Å². The number of hydrogen-bond donors (Lipinski definition) is 1. The lowest BCUT2D eigenvalue weighted by Gasteiger charge is -2.25. The van der Waals surface area contributed by atoms with E-state index in [4.69, 9.17) is 14.6 Å². The fourth-order valence-corrected chi connectivity index (χ4v) is 2.38. The van der Waals surface area contributed by atoms with Gasteiger partial charge in [0.15, 0.2) is 0 Å². The molecule has 112 valence electrons. The first-order chi connectivity index (χ1) is 9.60. The van der Waals surface area contributed by atoms with E-state index in [9.17, 15) is 4.79 Å². The summed E-state index contributed by atoms with van der Waals surface area (Å²) >= 11 is 3.30. The van der Waals surface area contributed by atoms with E-state index in [1.54, 1.807) is 20.3 Å². The Kier molecular flexibility index (Phi) is 7.58. The molecule has 0 aromatic heterocycles. The Morgan fingerprint density at radius 3 is 2.50 bits per heavy atom. The molecule has 0 aliphatic heterocycles. The minimum atomic E-state index is -0.939. The van der Waals surface area contributed by atoms with Gasteiger partial charge in [-0.2, -0.15) is 0 Å². The van der Waals surface area contributed by atoms with E-state index in [1.807, 2.05) is 12.1 Å². The van der Waals surface area contributed by atoms with Crippen molar-refractivity contribution in [3.05, 3.63) is 28.2 Å². The largest absolute Gasteiger partial charge is 0.478 e. The number of anilines is 1. The molecule has 1 rings (SSSR count). The number of carboxylic acid groups (broad SMARTS) is 1. The molecule has 1 aromatic rings. The van der Waals surface area contributed by atoms with Gasteiger partial charge in [-0.05, 0) is 40.5 Å². The number of nitrogens with zero attached hydrogens (tertiary/aromatic N) is 1. The van der Waals surface area contributed by atoms with Crippen molar-refractivity contribution >= 4 is 27.6 Å². The maximum atomic E-state index is 11.0. The van der Waals surface area contributed by atoms with E-state index >= 15 is 0 Å². The number of ether oxygens (including phenoxy) is 2. The van der Waals surface area contributed by atoms with Crippen LogP contribution in [0.4, 0.5) is 5.69 Å². The topological polar surface area (TPSA) is 59.0 Å². The van der Waals surface area contributed by atoms with Crippen LogP contribution < -0.4 is 4.90 Å². The Balaban J connectivity index is 2.83. The summed E-state index contributed by atoms with van der Waals surface area (Å²) in [5.41, 5.74) is 1.23. The Morgan fingerprint density at radius 2 is 1.95 bits per heavy atom. The molecule has 0 heterocycles. The van der Waals surface area contributed by atoms with Crippen molar-refractivity contribution < 1.29 is 19.4 Å². The number of hydrogen-bond acceptors (Lipinski definition) is 4. The second kappa shape index (κ2) is 8.94. The van der Waals surface area contributed by atoms with Crippen LogP contribution in [0.25, 0.3) is 0 Å². The van der Waals surface area contributed by atoms with Gasteiger partial charge in [-0.15, -0.1) is 0 Å². The monoisotopic (exact) mass is 345 g/mol. The van der Waals surface area contributed by atoms with Crippen LogP contribution in [0.5, 0.6) is 0 Å². The number of benzene rings is 1. The quantitative estimate of drug-likeness (QED) is 0.697. The molecule has 0 saturated heterocycles. The van der Waals surface area contributed by atoms with E-state index in [-0.39, 0.29) is 5.56 Å². The maximum Gasteiger partial charge on any atom is 0.336 e. The van der Waals surface area contributed by atoms with Gasteiger partial charge in [-0.1, -0.05) is 0 Å². The minimum Gasteiger partial charge on any atom is -0.478 e. The summed E-state index contributed by atoms with van der Waals surface area (Å²) in [7, 11) is 3.34. The van der Waals surface area contributed by atoms with Gasteiger partial charge in [0.1, 0.15) is 0 Å². The summed E-state index contributed by atoms with van der Waals surface area (Å²) in [5.74, 6) is -0.939. The third kappa shape index (κ3) is 5.11. The summed E-state index contributed by atoms with van der Waals surface area (Å²) in [6.45, 7) is 2.89. The van der Waals surface area contributed by atoms with Crippen molar-refractivity contribution in [3.63, 3.8) is 0 Å². The molecule has 0 atom stereocenters. The number of carboxylic acids is 1. The molecule has 0 unspecified atom stereocenters. The zero-order valence-corrected chi connectivity index (χ0v) is 13.4. The third-order valence-electron chi connectivity index (χ3n) is 2.89. The number of rotatable bonds is 9. The third-order valence-corrected chi connectivity index (χ3v) is 3.55. The zero-order valence-electron chi connectivity index (χ0n) is 11.8. The van der Waals surface area contributed by atoms with Gasteiger partial charge in [-0.3, -0.25) is 0 Å². The molecule has 0 saturated carbocycles. The fraction of sp³-hybridized carbons (Fsp3) is 0.500. The molecule has 0 radical (unpaired) electrons. The summed E-state index contributed by atoms with van der Waals surface area (Å²) in [6, 6.07) is 5.25. The minimum absolute atomic E-state index is 0.261. The molecule has 0 aliphatic carbocycles. The van der Waals surface area contributed by atoms with E-state index in [2.05, 4.69) is 20.8 Å². The van der Waals surface area contributed by atoms with Crippen molar-refractivity contribution in [1.29, 1.82) is 0 Å². The van der Waals surface area contributed by atoms with Crippen LogP contribution >= 0.6 is 15.9 Å². The van der Waals surface area contributed by atoms with E-state index in [0.29, 0.717) is 17.7 Å². The predicted molar refractivity (Wildman–Crippen MR) is 81.7 cm³/mol. The lowest BCUT2D eigenvalue weighted by molar-refractivity contribution is 0.0696. The van der Waals surface area contributed by atoms with Gasteiger partial charge >= 0.3 is 5.97 Å². The number of carbonyl (C=O) groups is 1. The lowest BCUT2D eigenvalue weighted by Crippen LogP contribution is -2.29. The molecule has 0 aliphatic rings. The molecule has 0 bridgehead atoms. The second-order valence-electron chi connectivity index (χ2n) is 4.30. The lowest BCUT2D eigenvalue weighted by atomic mass is 10.2. The van der Waals surface area contributed by atoms with E-state index in [0.717, 1.165) is 25.2 Å². The maximum absolute atomic E-state index is 11.0. The molecule has 5 nitrogen and oxygen atoms in total. The highest BCUT2D eigenvalue weighted by molar-refractivity contribution is 9.10. The average Bonchev–Trinajstić information content (AvgIpc) is 2.42.